The van der Waals surface area contributed by atoms with E-state index in [1.807, 2.05) is 6.92 Å². The summed E-state index contributed by atoms with van der Waals surface area (Å²) in [6.45, 7) is 8.55. The second kappa shape index (κ2) is 7.16. The number of nitrogens with zero attached hydrogens (tertiary/aromatic N) is 5. The monoisotopic (exact) mass is 315 g/mol. The van der Waals surface area contributed by atoms with E-state index in [0.29, 0.717) is 5.56 Å². The lowest BCUT2D eigenvalue weighted by atomic mass is 10.1. The first-order valence-electron chi connectivity index (χ1n) is 8.48. The molecule has 1 aromatic rings. The van der Waals surface area contributed by atoms with Crippen molar-refractivity contribution >= 4 is 11.6 Å². The number of rotatable bonds is 4. The highest BCUT2D eigenvalue weighted by atomic mass is 16.3. The van der Waals surface area contributed by atoms with E-state index in [0.717, 1.165) is 63.0 Å². The number of hydrogen-bond donors (Lipinski definition) is 1. The van der Waals surface area contributed by atoms with Gasteiger partial charge in [-0.2, -0.15) is 5.26 Å². The molecule has 124 valence electrons. The van der Waals surface area contributed by atoms with E-state index >= 15 is 0 Å². The highest BCUT2D eigenvalue weighted by Crippen LogP contribution is 2.28. The number of anilines is 2. The van der Waals surface area contributed by atoms with Gasteiger partial charge in [0.2, 0.25) is 0 Å². The molecule has 0 unspecified atom stereocenters. The second-order valence-electron chi connectivity index (χ2n) is 6.35. The Morgan fingerprint density at radius 1 is 1.13 bits per heavy atom. The Labute approximate surface area is 137 Å². The first-order chi connectivity index (χ1) is 11.2. The van der Waals surface area contributed by atoms with Crippen LogP contribution in [0.1, 0.15) is 24.0 Å². The van der Waals surface area contributed by atoms with Crippen molar-refractivity contribution in [2.75, 3.05) is 62.2 Å². The Balaban J connectivity index is 1.84. The SMILES string of the molecule is Cc1cc(N2CCCC2)nc(N2CCN(CCO)CC2)c1C#N. The summed E-state index contributed by atoms with van der Waals surface area (Å²) < 4.78 is 0. The van der Waals surface area contributed by atoms with Gasteiger partial charge in [0.25, 0.3) is 0 Å². The van der Waals surface area contributed by atoms with Crippen LogP contribution in [0.15, 0.2) is 6.07 Å². The number of hydrogen-bond acceptors (Lipinski definition) is 6. The third-order valence-electron chi connectivity index (χ3n) is 4.81. The van der Waals surface area contributed by atoms with E-state index < -0.39 is 0 Å². The standard InChI is InChI=1S/C17H25N5O/c1-14-12-16(21-4-2-3-5-21)19-17(15(14)13-18)22-8-6-20(7-9-22)10-11-23/h12,23H,2-11H2,1H3. The fourth-order valence-corrected chi connectivity index (χ4v) is 3.44. The molecule has 2 fully saturated rings. The Hall–Kier alpha value is -1.84. The van der Waals surface area contributed by atoms with E-state index in [1.54, 1.807) is 0 Å². The van der Waals surface area contributed by atoms with E-state index in [9.17, 15) is 5.26 Å². The minimum absolute atomic E-state index is 0.200. The summed E-state index contributed by atoms with van der Waals surface area (Å²) in [6, 6.07) is 4.39. The van der Waals surface area contributed by atoms with Gasteiger partial charge in [0.15, 0.2) is 0 Å². The molecule has 1 aromatic heterocycles. The minimum atomic E-state index is 0.200. The summed E-state index contributed by atoms with van der Waals surface area (Å²) in [5.74, 6) is 1.84. The van der Waals surface area contributed by atoms with Crippen LogP contribution in [-0.4, -0.2) is 67.4 Å². The van der Waals surface area contributed by atoms with Gasteiger partial charge in [-0.15, -0.1) is 0 Å². The number of nitriles is 1. The molecule has 0 aromatic carbocycles. The van der Waals surface area contributed by atoms with E-state index in [4.69, 9.17) is 10.1 Å². The van der Waals surface area contributed by atoms with Crippen LogP contribution in [0.2, 0.25) is 0 Å². The van der Waals surface area contributed by atoms with Crippen LogP contribution in [0.25, 0.3) is 0 Å². The van der Waals surface area contributed by atoms with Crippen LogP contribution in [-0.2, 0) is 0 Å². The molecule has 23 heavy (non-hydrogen) atoms. The van der Waals surface area contributed by atoms with Crippen LogP contribution >= 0.6 is 0 Å². The summed E-state index contributed by atoms with van der Waals surface area (Å²) >= 11 is 0. The number of aliphatic hydroxyl groups is 1. The summed E-state index contributed by atoms with van der Waals surface area (Å²) in [6.07, 6.45) is 2.44. The van der Waals surface area contributed by atoms with Gasteiger partial charge >= 0.3 is 0 Å². The van der Waals surface area contributed by atoms with Gasteiger partial charge in [-0.3, -0.25) is 4.90 Å². The zero-order chi connectivity index (χ0) is 16.2. The molecule has 3 rings (SSSR count). The molecule has 0 radical (unpaired) electrons. The fraction of sp³-hybridized carbons (Fsp3) is 0.647. The van der Waals surface area contributed by atoms with Crippen molar-refractivity contribution in [2.45, 2.75) is 19.8 Å². The Kier molecular flexibility index (Phi) is 4.99. The summed E-state index contributed by atoms with van der Waals surface area (Å²) in [5, 5.41) is 18.6. The minimum Gasteiger partial charge on any atom is -0.395 e. The molecular weight excluding hydrogens is 290 g/mol. The van der Waals surface area contributed by atoms with Crippen molar-refractivity contribution in [3.05, 3.63) is 17.2 Å². The molecule has 0 saturated carbocycles. The van der Waals surface area contributed by atoms with Crippen molar-refractivity contribution < 1.29 is 5.11 Å². The molecule has 6 nitrogen and oxygen atoms in total. The number of pyridine rings is 1. The fourth-order valence-electron chi connectivity index (χ4n) is 3.44. The highest BCUT2D eigenvalue weighted by Gasteiger charge is 2.23. The normalized spacial score (nSPS) is 19.2. The largest absolute Gasteiger partial charge is 0.395 e. The topological polar surface area (TPSA) is 66.6 Å². The molecule has 1 N–H and O–H groups in total. The lowest BCUT2D eigenvalue weighted by molar-refractivity contribution is 0.188. The first kappa shape index (κ1) is 16.0. The lowest BCUT2D eigenvalue weighted by Crippen LogP contribution is -2.47. The zero-order valence-electron chi connectivity index (χ0n) is 13.8. The quantitative estimate of drug-likeness (QED) is 0.893. The van der Waals surface area contributed by atoms with E-state index in [2.05, 4.69) is 26.8 Å². The van der Waals surface area contributed by atoms with Crippen LogP contribution in [0, 0.1) is 18.3 Å². The number of aromatic nitrogens is 1. The molecule has 3 heterocycles. The molecule has 0 spiro atoms. The number of aliphatic hydroxyl groups excluding tert-OH is 1. The molecule has 2 aliphatic rings. The van der Waals surface area contributed by atoms with Gasteiger partial charge in [0.1, 0.15) is 17.7 Å². The third kappa shape index (κ3) is 3.41. The van der Waals surface area contributed by atoms with Gasteiger partial charge < -0.3 is 14.9 Å². The van der Waals surface area contributed by atoms with E-state index in [1.165, 1.54) is 12.8 Å². The maximum Gasteiger partial charge on any atom is 0.149 e. The molecular formula is C17H25N5O. The smallest absolute Gasteiger partial charge is 0.149 e. The molecule has 2 aliphatic heterocycles. The molecule has 2 saturated heterocycles. The zero-order valence-corrected chi connectivity index (χ0v) is 13.8. The van der Waals surface area contributed by atoms with Gasteiger partial charge in [-0.05, 0) is 31.4 Å². The number of β-amino-alcohol motifs (C(OH)–C–C–N with tert-alkyl or cyclic N) is 1. The lowest BCUT2D eigenvalue weighted by Gasteiger charge is -2.36. The summed E-state index contributed by atoms with van der Waals surface area (Å²) in [7, 11) is 0. The molecule has 0 aliphatic carbocycles. The van der Waals surface area contributed by atoms with Crippen molar-refractivity contribution in [1.82, 2.24) is 9.88 Å². The first-order valence-corrected chi connectivity index (χ1v) is 8.48. The van der Waals surface area contributed by atoms with Crippen molar-refractivity contribution in [3.63, 3.8) is 0 Å². The second-order valence-corrected chi connectivity index (χ2v) is 6.35. The highest BCUT2D eigenvalue weighted by molar-refractivity contribution is 5.63. The van der Waals surface area contributed by atoms with Crippen molar-refractivity contribution in [1.29, 1.82) is 5.26 Å². The maximum absolute atomic E-state index is 9.55. The third-order valence-corrected chi connectivity index (χ3v) is 4.81. The Morgan fingerprint density at radius 3 is 2.43 bits per heavy atom. The molecule has 0 atom stereocenters. The molecule has 0 bridgehead atoms. The van der Waals surface area contributed by atoms with Gasteiger partial charge in [-0.1, -0.05) is 0 Å². The van der Waals surface area contributed by atoms with Crippen molar-refractivity contribution in [3.8, 4) is 6.07 Å². The van der Waals surface area contributed by atoms with Crippen LogP contribution in [0.3, 0.4) is 0 Å². The number of aryl methyl sites for hydroxylation is 1. The average molecular weight is 315 g/mol. The molecule has 6 heteroatoms. The predicted octanol–water partition coefficient (Wildman–Crippen LogP) is 0.976. The summed E-state index contributed by atoms with van der Waals surface area (Å²) in [4.78, 5) is 11.6. The Bertz CT molecular complexity index is 583. The van der Waals surface area contributed by atoms with Crippen LogP contribution in [0.5, 0.6) is 0 Å². The van der Waals surface area contributed by atoms with Gasteiger partial charge in [0, 0.05) is 45.8 Å². The Morgan fingerprint density at radius 2 is 1.83 bits per heavy atom. The molecule has 0 amide bonds. The maximum atomic E-state index is 9.55. The number of piperazine rings is 1. The van der Waals surface area contributed by atoms with Crippen LogP contribution in [0.4, 0.5) is 11.6 Å². The van der Waals surface area contributed by atoms with Gasteiger partial charge in [-0.25, -0.2) is 4.98 Å². The summed E-state index contributed by atoms with van der Waals surface area (Å²) in [5.41, 5.74) is 1.71. The van der Waals surface area contributed by atoms with Gasteiger partial charge in [0.05, 0.1) is 12.2 Å². The van der Waals surface area contributed by atoms with Crippen LogP contribution < -0.4 is 9.80 Å². The van der Waals surface area contributed by atoms with Crippen molar-refractivity contribution in [2.24, 2.45) is 0 Å². The predicted molar refractivity (Wildman–Crippen MR) is 90.9 cm³/mol. The average Bonchev–Trinajstić information content (AvgIpc) is 3.10. The van der Waals surface area contributed by atoms with E-state index in [-0.39, 0.29) is 6.61 Å².